The SMILES string of the molecule is O=C1C[C@@H](C(=O)O)N(C(=O)OCc2ccccc2)c2ccccc21. The van der Waals surface area contributed by atoms with Crippen molar-refractivity contribution in [3.05, 3.63) is 65.7 Å². The summed E-state index contributed by atoms with van der Waals surface area (Å²) in [6, 6.07) is 14.3. The molecule has 0 aromatic heterocycles. The second kappa shape index (κ2) is 6.54. The van der Waals surface area contributed by atoms with Gasteiger partial charge in [-0.05, 0) is 17.7 Å². The molecule has 0 fully saturated rings. The van der Waals surface area contributed by atoms with E-state index in [0.717, 1.165) is 10.5 Å². The number of hydrogen-bond acceptors (Lipinski definition) is 4. The molecule has 3 rings (SSSR count). The highest BCUT2D eigenvalue weighted by molar-refractivity contribution is 6.11. The number of ether oxygens (including phenoxy) is 1. The van der Waals surface area contributed by atoms with Gasteiger partial charge in [-0.1, -0.05) is 42.5 Å². The van der Waals surface area contributed by atoms with Crippen molar-refractivity contribution in [2.24, 2.45) is 0 Å². The fraction of sp³-hybridized carbons (Fsp3) is 0.167. The van der Waals surface area contributed by atoms with E-state index in [9.17, 15) is 19.5 Å². The molecular formula is C18H15NO5. The standard InChI is InChI=1S/C18H15NO5/c20-16-10-15(17(21)22)19(14-9-5-4-8-13(14)16)18(23)24-11-12-6-2-1-3-7-12/h1-9,15H,10-11H2,(H,21,22)/t15-/m0/s1. The minimum Gasteiger partial charge on any atom is -0.480 e. The molecule has 1 aliphatic heterocycles. The van der Waals surface area contributed by atoms with Crippen molar-refractivity contribution >= 4 is 23.5 Å². The summed E-state index contributed by atoms with van der Waals surface area (Å²) in [6.45, 7) is 0.0264. The van der Waals surface area contributed by atoms with Crippen LogP contribution in [0.15, 0.2) is 54.6 Å². The fourth-order valence-electron chi connectivity index (χ4n) is 2.68. The van der Waals surface area contributed by atoms with E-state index in [2.05, 4.69) is 0 Å². The lowest BCUT2D eigenvalue weighted by molar-refractivity contribution is -0.138. The average Bonchev–Trinajstić information content (AvgIpc) is 2.60. The number of hydrogen-bond donors (Lipinski definition) is 1. The first kappa shape index (κ1) is 15.7. The van der Waals surface area contributed by atoms with Crippen LogP contribution in [0.4, 0.5) is 10.5 Å². The zero-order chi connectivity index (χ0) is 17.1. The van der Waals surface area contributed by atoms with Crippen LogP contribution in [0.1, 0.15) is 22.3 Å². The number of anilines is 1. The van der Waals surface area contributed by atoms with E-state index in [4.69, 9.17) is 4.74 Å². The van der Waals surface area contributed by atoms with Gasteiger partial charge in [0.15, 0.2) is 5.78 Å². The summed E-state index contributed by atoms with van der Waals surface area (Å²) in [5.74, 6) is -1.54. The first-order valence-electron chi connectivity index (χ1n) is 7.43. The number of carboxylic acids is 1. The van der Waals surface area contributed by atoms with E-state index in [0.29, 0.717) is 5.56 Å². The highest BCUT2D eigenvalue weighted by Gasteiger charge is 2.40. The summed E-state index contributed by atoms with van der Waals surface area (Å²) >= 11 is 0. The number of nitrogens with zero attached hydrogens (tertiary/aromatic N) is 1. The van der Waals surface area contributed by atoms with Crippen molar-refractivity contribution in [2.75, 3.05) is 4.90 Å². The molecule has 1 N–H and O–H groups in total. The monoisotopic (exact) mass is 325 g/mol. The van der Waals surface area contributed by atoms with E-state index in [1.54, 1.807) is 36.4 Å². The predicted octanol–water partition coefficient (Wildman–Crippen LogP) is 2.87. The van der Waals surface area contributed by atoms with Crippen LogP contribution in [-0.4, -0.2) is 29.0 Å². The van der Waals surface area contributed by atoms with Crippen molar-refractivity contribution in [2.45, 2.75) is 19.1 Å². The van der Waals surface area contributed by atoms with Gasteiger partial charge in [-0.2, -0.15) is 0 Å². The fourth-order valence-corrected chi connectivity index (χ4v) is 2.68. The molecular weight excluding hydrogens is 310 g/mol. The number of Topliss-reactive ketones (excluding diaryl/α,β-unsaturated/α-hetero) is 1. The number of carbonyl (C=O) groups excluding carboxylic acids is 2. The summed E-state index contributed by atoms with van der Waals surface area (Å²) in [4.78, 5) is 37.1. The lowest BCUT2D eigenvalue weighted by atomic mass is 9.95. The third-order valence-corrected chi connectivity index (χ3v) is 3.84. The summed E-state index contributed by atoms with van der Waals surface area (Å²) in [5, 5.41) is 9.38. The Hall–Kier alpha value is -3.15. The number of rotatable bonds is 3. The maximum absolute atomic E-state index is 12.5. The molecule has 1 heterocycles. The molecule has 0 aliphatic carbocycles. The molecule has 0 bridgehead atoms. The number of benzene rings is 2. The molecule has 0 spiro atoms. The van der Waals surface area contributed by atoms with Crippen LogP contribution in [0.3, 0.4) is 0 Å². The third kappa shape index (κ3) is 2.99. The normalized spacial score (nSPS) is 16.4. The molecule has 0 saturated carbocycles. The molecule has 6 heteroatoms. The van der Waals surface area contributed by atoms with Gasteiger partial charge in [0.25, 0.3) is 0 Å². The highest BCUT2D eigenvalue weighted by atomic mass is 16.6. The van der Waals surface area contributed by atoms with Gasteiger partial charge in [-0.3, -0.25) is 9.69 Å². The molecule has 0 unspecified atom stereocenters. The van der Waals surface area contributed by atoms with E-state index in [1.165, 1.54) is 0 Å². The van der Waals surface area contributed by atoms with E-state index >= 15 is 0 Å². The van der Waals surface area contributed by atoms with Crippen LogP contribution in [0.25, 0.3) is 0 Å². The molecule has 6 nitrogen and oxygen atoms in total. The Morgan fingerprint density at radius 1 is 1.08 bits per heavy atom. The van der Waals surface area contributed by atoms with Gasteiger partial charge < -0.3 is 9.84 Å². The molecule has 2 aromatic rings. The van der Waals surface area contributed by atoms with E-state index < -0.39 is 18.1 Å². The quantitative estimate of drug-likeness (QED) is 0.938. The first-order valence-corrected chi connectivity index (χ1v) is 7.43. The Morgan fingerprint density at radius 2 is 1.75 bits per heavy atom. The van der Waals surface area contributed by atoms with Gasteiger partial charge in [0.1, 0.15) is 12.6 Å². The van der Waals surface area contributed by atoms with Crippen molar-refractivity contribution in [3.8, 4) is 0 Å². The smallest absolute Gasteiger partial charge is 0.415 e. The molecule has 122 valence electrons. The van der Waals surface area contributed by atoms with Crippen molar-refractivity contribution < 1.29 is 24.2 Å². The molecule has 0 radical (unpaired) electrons. The van der Waals surface area contributed by atoms with Crippen LogP contribution < -0.4 is 4.90 Å². The Bertz CT molecular complexity index is 787. The molecule has 1 amide bonds. The molecule has 0 saturated heterocycles. The number of amides is 1. The van der Waals surface area contributed by atoms with Crippen LogP contribution in [0, 0.1) is 0 Å². The molecule has 24 heavy (non-hydrogen) atoms. The predicted molar refractivity (Wildman–Crippen MR) is 85.9 cm³/mol. The van der Waals surface area contributed by atoms with Gasteiger partial charge in [-0.25, -0.2) is 9.59 Å². The molecule has 1 aliphatic rings. The number of para-hydroxylation sites is 1. The van der Waals surface area contributed by atoms with Gasteiger partial charge in [-0.15, -0.1) is 0 Å². The Balaban J connectivity index is 1.87. The number of carboxylic acid groups (broad SMARTS) is 1. The number of ketones is 1. The first-order chi connectivity index (χ1) is 11.6. The zero-order valence-electron chi connectivity index (χ0n) is 12.7. The Morgan fingerprint density at radius 3 is 2.46 bits per heavy atom. The lowest BCUT2D eigenvalue weighted by Crippen LogP contribution is -2.49. The maximum Gasteiger partial charge on any atom is 0.415 e. The van der Waals surface area contributed by atoms with Crippen molar-refractivity contribution in [1.82, 2.24) is 0 Å². The van der Waals surface area contributed by atoms with Gasteiger partial charge in [0.05, 0.1) is 5.69 Å². The lowest BCUT2D eigenvalue weighted by Gasteiger charge is -2.33. The van der Waals surface area contributed by atoms with Gasteiger partial charge in [0.2, 0.25) is 0 Å². The van der Waals surface area contributed by atoms with Crippen molar-refractivity contribution in [3.63, 3.8) is 0 Å². The van der Waals surface area contributed by atoms with Gasteiger partial charge in [0, 0.05) is 12.0 Å². The second-order valence-electron chi connectivity index (χ2n) is 5.41. The highest BCUT2D eigenvalue weighted by Crippen LogP contribution is 2.31. The van der Waals surface area contributed by atoms with E-state index in [1.807, 2.05) is 18.2 Å². The average molecular weight is 325 g/mol. The van der Waals surface area contributed by atoms with Crippen LogP contribution >= 0.6 is 0 Å². The largest absolute Gasteiger partial charge is 0.480 e. The summed E-state index contributed by atoms with van der Waals surface area (Å²) in [5.41, 5.74) is 1.38. The zero-order valence-corrected chi connectivity index (χ0v) is 12.7. The molecule has 2 aromatic carbocycles. The minimum atomic E-state index is -1.27. The maximum atomic E-state index is 12.5. The summed E-state index contributed by atoms with van der Waals surface area (Å²) in [6.07, 6.45) is -1.06. The third-order valence-electron chi connectivity index (χ3n) is 3.84. The van der Waals surface area contributed by atoms with Gasteiger partial charge >= 0.3 is 12.1 Å². The van der Waals surface area contributed by atoms with Crippen LogP contribution in [0.5, 0.6) is 0 Å². The number of aliphatic carboxylic acids is 1. The Kier molecular flexibility index (Phi) is 4.29. The summed E-state index contributed by atoms with van der Waals surface area (Å²) in [7, 11) is 0. The topological polar surface area (TPSA) is 83.9 Å². The minimum absolute atomic E-state index is 0.0264. The van der Waals surface area contributed by atoms with Crippen LogP contribution in [-0.2, 0) is 16.1 Å². The van der Waals surface area contributed by atoms with Crippen LogP contribution in [0.2, 0.25) is 0 Å². The van der Waals surface area contributed by atoms with Crippen molar-refractivity contribution in [1.29, 1.82) is 0 Å². The second-order valence-corrected chi connectivity index (χ2v) is 5.41. The molecule has 1 atom stereocenters. The number of fused-ring (bicyclic) bond motifs is 1. The number of carbonyl (C=O) groups is 3. The Labute approximate surface area is 138 Å². The summed E-state index contributed by atoms with van der Waals surface area (Å²) < 4.78 is 5.25. The van der Waals surface area contributed by atoms with E-state index in [-0.39, 0.29) is 24.5 Å².